The molecule has 0 saturated carbocycles. The largest absolute Gasteiger partial charge is 0.332 e. The Morgan fingerprint density at radius 1 is 1.35 bits per heavy atom. The lowest BCUT2D eigenvalue weighted by atomic mass is 10.2. The molecule has 1 aromatic heterocycles. The molecule has 1 aliphatic heterocycles. The van der Waals surface area contributed by atoms with Gasteiger partial charge in [0.2, 0.25) is 0 Å². The van der Waals surface area contributed by atoms with Gasteiger partial charge in [0.25, 0.3) is 0 Å². The van der Waals surface area contributed by atoms with Gasteiger partial charge in [-0.1, -0.05) is 24.2 Å². The van der Waals surface area contributed by atoms with Gasteiger partial charge in [-0.3, -0.25) is 4.79 Å². The van der Waals surface area contributed by atoms with Crippen LogP contribution in [0.5, 0.6) is 0 Å². The number of amides is 2. The number of aromatic amines is 1. The molecule has 0 spiro atoms. The quantitative estimate of drug-likeness (QED) is 0.841. The van der Waals surface area contributed by atoms with Gasteiger partial charge >= 0.3 is 10.9 Å². The lowest BCUT2D eigenvalue weighted by Gasteiger charge is -2.20. The van der Waals surface area contributed by atoms with E-state index in [1.807, 2.05) is 4.90 Å². The van der Waals surface area contributed by atoms with Crippen molar-refractivity contribution >= 4 is 17.4 Å². The number of carbonyl (C=O) groups excluding carboxylic acids is 1. The second-order valence-corrected chi connectivity index (χ2v) is 5.08. The van der Waals surface area contributed by atoms with Gasteiger partial charge in [-0.2, -0.15) is 0 Å². The average Bonchev–Trinajstić information content (AvgIpc) is 2.58. The first-order valence-electron chi connectivity index (χ1n) is 5.95. The predicted molar refractivity (Wildman–Crippen MR) is 67.2 cm³/mol. The molecule has 94 valence electrons. The van der Waals surface area contributed by atoms with Crippen LogP contribution in [0.25, 0.3) is 0 Å². The smallest absolute Gasteiger partial charge is 0.317 e. The minimum atomic E-state index is -0.0796. The number of rotatable bonds is 2. The maximum Gasteiger partial charge on any atom is 0.317 e. The van der Waals surface area contributed by atoms with E-state index in [-0.39, 0.29) is 10.9 Å². The topological polar surface area (TPSA) is 65.2 Å². The number of nitrogens with zero attached hydrogens (tertiary/aromatic N) is 1. The number of likely N-dealkylation sites (tertiary alicyclic amines) is 1. The van der Waals surface area contributed by atoms with E-state index in [0.29, 0.717) is 6.54 Å². The van der Waals surface area contributed by atoms with Crippen molar-refractivity contribution in [2.24, 2.45) is 0 Å². The molecular formula is C11H17N3O2S. The maximum absolute atomic E-state index is 11.9. The number of thiazole rings is 1. The Kier molecular flexibility index (Phi) is 4.19. The van der Waals surface area contributed by atoms with Gasteiger partial charge < -0.3 is 15.2 Å². The van der Waals surface area contributed by atoms with Gasteiger partial charge in [0.05, 0.1) is 6.54 Å². The van der Waals surface area contributed by atoms with Gasteiger partial charge in [-0.05, 0) is 12.8 Å². The standard InChI is InChI=1S/C11H17N3O2S/c15-10(14-5-3-1-2-4-6-14)12-7-9-8-17-11(16)13-9/h8H,1-7H2,(H,12,15)(H,13,16). The third-order valence-corrected chi connectivity index (χ3v) is 3.61. The summed E-state index contributed by atoms with van der Waals surface area (Å²) in [5, 5.41) is 4.57. The first-order valence-corrected chi connectivity index (χ1v) is 6.83. The summed E-state index contributed by atoms with van der Waals surface area (Å²) in [6.45, 7) is 2.08. The van der Waals surface area contributed by atoms with Crippen molar-refractivity contribution in [3.05, 3.63) is 20.7 Å². The van der Waals surface area contributed by atoms with Gasteiger partial charge in [0.1, 0.15) is 0 Å². The molecule has 1 fully saturated rings. The Bertz CT molecular complexity index is 418. The molecule has 1 saturated heterocycles. The van der Waals surface area contributed by atoms with Crippen LogP contribution in [0, 0.1) is 0 Å². The maximum atomic E-state index is 11.9. The molecule has 2 amide bonds. The van der Waals surface area contributed by atoms with Crippen LogP contribution in [0.4, 0.5) is 4.79 Å². The lowest BCUT2D eigenvalue weighted by Crippen LogP contribution is -2.40. The van der Waals surface area contributed by atoms with E-state index in [1.54, 1.807) is 5.38 Å². The summed E-state index contributed by atoms with van der Waals surface area (Å²) < 4.78 is 0. The SMILES string of the molecule is O=C(NCc1csc(=O)[nH]1)N1CCCCCC1. The fourth-order valence-electron chi connectivity index (χ4n) is 1.96. The van der Waals surface area contributed by atoms with Gasteiger partial charge in [-0.15, -0.1) is 0 Å². The third kappa shape index (κ3) is 3.59. The van der Waals surface area contributed by atoms with Crippen LogP contribution in [-0.4, -0.2) is 29.0 Å². The first kappa shape index (κ1) is 12.2. The number of hydrogen-bond acceptors (Lipinski definition) is 3. The summed E-state index contributed by atoms with van der Waals surface area (Å²) in [5.74, 6) is 0. The Balaban J connectivity index is 1.81. The second-order valence-electron chi connectivity index (χ2n) is 4.23. The molecule has 0 unspecified atom stereocenters. The summed E-state index contributed by atoms with van der Waals surface area (Å²) in [4.78, 5) is 27.2. The summed E-state index contributed by atoms with van der Waals surface area (Å²) in [6.07, 6.45) is 4.59. The Hall–Kier alpha value is -1.30. The van der Waals surface area contributed by atoms with Gasteiger partial charge in [0.15, 0.2) is 0 Å². The second kappa shape index (κ2) is 5.86. The van der Waals surface area contributed by atoms with Crippen molar-refractivity contribution in [1.29, 1.82) is 0 Å². The molecule has 1 aliphatic rings. The average molecular weight is 255 g/mol. The normalized spacial score (nSPS) is 16.6. The van der Waals surface area contributed by atoms with Crippen LogP contribution in [0.2, 0.25) is 0 Å². The van der Waals surface area contributed by atoms with Crippen molar-refractivity contribution in [3.8, 4) is 0 Å². The monoisotopic (exact) mass is 255 g/mol. The highest BCUT2D eigenvalue weighted by molar-refractivity contribution is 7.07. The first-order chi connectivity index (χ1) is 8.25. The van der Waals surface area contributed by atoms with Gasteiger partial charge in [0, 0.05) is 24.2 Å². The van der Waals surface area contributed by atoms with Crippen molar-refractivity contribution in [2.75, 3.05) is 13.1 Å². The van der Waals surface area contributed by atoms with E-state index >= 15 is 0 Å². The Morgan fingerprint density at radius 2 is 2.06 bits per heavy atom. The van der Waals surface area contributed by atoms with Crippen molar-refractivity contribution < 1.29 is 4.79 Å². The predicted octanol–water partition coefficient (Wildman–Crippen LogP) is 1.52. The highest BCUT2D eigenvalue weighted by Crippen LogP contribution is 2.09. The van der Waals surface area contributed by atoms with Crippen LogP contribution in [0.1, 0.15) is 31.4 Å². The van der Waals surface area contributed by atoms with E-state index in [0.717, 1.165) is 43.0 Å². The Labute approximate surface area is 104 Å². The van der Waals surface area contributed by atoms with Crippen LogP contribution < -0.4 is 10.2 Å². The molecule has 0 atom stereocenters. The molecule has 1 aromatic rings. The zero-order valence-corrected chi connectivity index (χ0v) is 10.5. The molecule has 2 rings (SSSR count). The molecule has 0 aliphatic carbocycles. The van der Waals surface area contributed by atoms with E-state index < -0.39 is 0 Å². The third-order valence-electron chi connectivity index (χ3n) is 2.89. The van der Waals surface area contributed by atoms with E-state index in [4.69, 9.17) is 0 Å². The highest BCUT2D eigenvalue weighted by atomic mass is 32.1. The number of urea groups is 1. The van der Waals surface area contributed by atoms with Crippen LogP contribution in [-0.2, 0) is 6.54 Å². The van der Waals surface area contributed by atoms with Gasteiger partial charge in [-0.25, -0.2) is 4.79 Å². The van der Waals surface area contributed by atoms with Crippen LogP contribution in [0.15, 0.2) is 10.2 Å². The highest BCUT2D eigenvalue weighted by Gasteiger charge is 2.14. The van der Waals surface area contributed by atoms with E-state index in [2.05, 4.69) is 10.3 Å². The van der Waals surface area contributed by atoms with Crippen LogP contribution >= 0.6 is 11.3 Å². The van der Waals surface area contributed by atoms with Crippen molar-refractivity contribution in [1.82, 2.24) is 15.2 Å². The van der Waals surface area contributed by atoms with Crippen molar-refractivity contribution in [2.45, 2.75) is 32.2 Å². The fraction of sp³-hybridized carbons (Fsp3) is 0.636. The minimum absolute atomic E-state index is 0.0288. The minimum Gasteiger partial charge on any atom is -0.332 e. The summed E-state index contributed by atoms with van der Waals surface area (Å²) in [5.41, 5.74) is 0.767. The molecular weight excluding hydrogens is 238 g/mol. The molecule has 17 heavy (non-hydrogen) atoms. The number of aromatic nitrogens is 1. The lowest BCUT2D eigenvalue weighted by molar-refractivity contribution is 0.199. The molecule has 2 N–H and O–H groups in total. The zero-order chi connectivity index (χ0) is 12.1. The zero-order valence-electron chi connectivity index (χ0n) is 9.70. The Morgan fingerprint density at radius 3 is 2.65 bits per heavy atom. The summed E-state index contributed by atoms with van der Waals surface area (Å²) in [6, 6.07) is -0.0288. The number of nitrogens with one attached hydrogen (secondary N) is 2. The van der Waals surface area contributed by atoms with E-state index in [9.17, 15) is 9.59 Å². The molecule has 0 bridgehead atoms. The molecule has 0 radical (unpaired) electrons. The molecule has 6 heteroatoms. The molecule has 2 heterocycles. The summed E-state index contributed by atoms with van der Waals surface area (Å²) in [7, 11) is 0. The van der Waals surface area contributed by atoms with Crippen LogP contribution in [0.3, 0.4) is 0 Å². The summed E-state index contributed by atoms with van der Waals surface area (Å²) >= 11 is 1.12. The molecule has 0 aromatic carbocycles. The molecule has 5 nitrogen and oxygen atoms in total. The number of H-pyrrole nitrogens is 1. The number of hydrogen-bond donors (Lipinski definition) is 2. The van der Waals surface area contributed by atoms with E-state index in [1.165, 1.54) is 12.8 Å². The fourth-order valence-corrected chi connectivity index (χ4v) is 2.54. The van der Waals surface area contributed by atoms with Crippen molar-refractivity contribution in [3.63, 3.8) is 0 Å². The number of carbonyl (C=O) groups is 1.